The van der Waals surface area contributed by atoms with Crippen LogP contribution in [0.25, 0.3) is 11.4 Å². The van der Waals surface area contributed by atoms with Gasteiger partial charge in [-0.15, -0.1) is 0 Å². The smallest absolute Gasteiger partial charge is 0.338 e. The van der Waals surface area contributed by atoms with Gasteiger partial charge in [0.05, 0.1) is 24.1 Å². The molecule has 0 bridgehead atoms. The highest BCUT2D eigenvalue weighted by atomic mass is 16.5. The third-order valence-corrected chi connectivity index (χ3v) is 6.12. The van der Waals surface area contributed by atoms with Crippen molar-refractivity contribution in [2.24, 2.45) is 5.73 Å². The third-order valence-electron chi connectivity index (χ3n) is 6.12. The summed E-state index contributed by atoms with van der Waals surface area (Å²) in [6.07, 6.45) is 4.19. The number of nitriles is 1. The van der Waals surface area contributed by atoms with Gasteiger partial charge in [0.15, 0.2) is 0 Å². The average molecular weight is 458 g/mol. The molecule has 0 amide bonds. The molecule has 0 saturated heterocycles. The van der Waals surface area contributed by atoms with Crippen LogP contribution in [0.2, 0.25) is 0 Å². The number of carbonyl (C=O) groups is 1. The normalized spacial score (nSPS) is 12.4. The molecule has 8 nitrogen and oxygen atoms in total. The van der Waals surface area contributed by atoms with Crippen LogP contribution in [0.5, 0.6) is 5.75 Å². The second kappa shape index (κ2) is 10.4. The Kier molecular flexibility index (Phi) is 7.16. The molecule has 1 aliphatic heterocycles. The number of fused-ring (bicyclic) bond motifs is 1. The van der Waals surface area contributed by atoms with Crippen LogP contribution in [-0.2, 0) is 24.3 Å². The molecule has 3 aromatic rings. The molecule has 0 fully saturated rings. The zero-order valence-corrected chi connectivity index (χ0v) is 19.4. The highest BCUT2D eigenvalue weighted by Crippen LogP contribution is 2.27. The molecule has 4 rings (SSSR count). The Morgan fingerprint density at radius 3 is 2.71 bits per heavy atom. The maximum Gasteiger partial charge on any atom is 0.338 e. The van der Waals surface area contributed by atoms with Crippen LogP contribution in [0.15, 0.2) is 42.7 Å². The molecule has 0 atom stereocenters. The fourth-order valence-corrected chi connectivity index (χ4v) is 4.16. The van der Waals surface area contributed by atoms with Crippen molar-refractivity contribution in [1.29, 1.82) is 5.26 Å². The van der Waals surface area contributed by atoms with Gasteiger partial charge in [-0.25, -0.2) is 4.79 Å². The molecule has 0 saturated carbocycles. The molecule has 2 N–H and O–H groups in total. The van der Waals surface area contributed by atoms with E-state index in [1.165, 1.54) is 18.9 Å². The van der Waals surface area contributed by atoms with Gasteiger partial charge < -0.3 is 15.2 Å². The van der Waals surface area contributed by atoms with Crippen LogP contribution < -0.4 is 10.5 Å². The molecule has 8 heteroatoms. The van der Waals surface area contributed by atoms with E-state index in [0.717, 1.165) is 42.7 Å². The SMILES string of the molecule is COc1cc(-c2ccc(CN(CCN)CCc3ccc4c(c3C)COC4=O)cn2)ncc1C#N. The average Bonchev–Trinajstić information content (AvgIpc) is 3.25. The number of cyclic esters (lactones) is 1. The monoisotopic (exact) mass is 457 g/mol. The first kappa shape index (κ1) is 23.4. The lowest BCUT2D eigenvalue weighted by Gasteiger charge is -2.22. The van der Waals surface area contributed by atoms with E-state index in [1.807, 2.05) is 30.5 Å². The molecule has 2 aromatic heterocycles. The van der Waals surface area contributed by atoms with Gasteiger partial charge >= 0.3 is 5.97 Å². The first-order chi connectivity index (χ1) is 16.5. The van der Waals surface area contributed by atoms with Gasteiger partial charge in [-0.1, -0.05) is 12.1 Å². The zero-order chi connectivity index (χ0) is 24.1. The van der Waals surface area contributed by atoms with Crippen molar-refractivity contribution >= 4 is 5.97 Å². The summed E-state index contributed by atoms with van der Waals surface area (Å²) in [5.41, 5.74) is 12.7. The van der Waals surface area contributed by atoms with Gasteiger partial charge in [0.2, 0.25) is 0 Å². The number of hydrogen-bond acceptors (Lipinski definition) is 8. The summed E-state index contributed by atoms with van der Waals surface area (Å²) in [6.45, 7) is 5.30. The lowest BCUT2D eigenvalue weighted by Crippen LogP contribution is -2.31. The summed E-state index contributed by atoms with van der Waals surface area (Å²) in [6, 6.07) is 11.6. The van der Waals surface area contributed by atoms with Crippen molar-refractivity contribution in [2.45, 2.75) is 26.5 Å². The van der Waals surface area contributed by atoms with E-state index in [4.69, 9.17) is 20.5 Å². The minimum Gasteiger partial charge on any atom is -0.495 e. The fourth-order valence-electron chi connectivity index (χ4n) is 4.16. The molecule has 34 heavy (non-hydrogen) atoms. The van der Waals surface area contributed by atoms with E-state index in [9.17, 15) is 4.79 Å². The predicted octanol–water partition coefficient (Wildman–Crippen LogP) is 3.01. The molecule has 1 aromatic carbocycles. The highest BCUT2D eigenvalue weighted by Gasteiger charge is 2.23. The lowest BCUT2D eigenvalue weighted by molar-refractivity contribution is 0.0535. The number of aromatic nitrogens is 2. The second-order valence-corrected chi connectivity index (χ2v) is 8.20. The number of ether oxygens (including phenoxy) is 2. The van der Waals surface area contributed by atoms with E-state index in [2.05, 4.69) is 27.9 Å². The second-order valence-electron chi connectivity index (χ2n) is 8.20. The first-order valence-corrected chi connectivity index (χ1v) is 11.1. The summed E-state index contributed by atoms with van der Waals surface area (Å²) in [5.74, 6) is 0.241. The Balaban J connectivity index is 1.43. The van der Waals surface area contributed by atoms with E-state index in [1.54, 1.807) is 6.07 Å². The standard InChI is InChI=1S/C26H27N5O3/c1-17-19(4-5-21-22(17)16-34-26(21)32)7-9-31(10-8-27)15-18-3-6-23(29-13-18)24-11-25(33-2)20(12-28)14-30-24/h3-6,11,13-14H,7-10,15-16,27H2,1-2H3. The zero-order valence-electron chi connectivity index (χ0n) is 19.4. The number of nitrogens with zero attached hydrogens (tertiary/aromatic N) is 4. The Labute approximate surface area is 199 Å². The largest absolute Gasteiger partial charge is 0.495 e. The van der Waals surface area contributed by atoms with Crippen LogP contribution in [0.1, 0.15) is 38.2 Å². The number of hydrogen-bond donors (Lipinski definition) is 1. The van der Waals surface area contributed by atoms with Crippen molar-refractivity contribution in [1.82, 2.24) is 14.9 Å². The summed E-state index contributed by atoms with van der Waals surface area (Å²) >= 11 is 0. The molecular formula is C26H27N5O3. The summed E-state index contributed by atoms with van der Waals surface area (Å²) in [7, 11) is 1.53. The molecule has 1 aliphatic rings. The van der Waals surface area contributed by atoms with E-state index < -0.39 is 0 Å². The number of nitrogens with two attached hydrogens (primary N) is 1. The molecule has 174 valence electrons. The van der Waals surface area contributed by atoms with Crippen molar-refractivity contribution in [3.8, 4) is 23.2 Å². The van der Waals surface area contributed by atoms with Gasteiger partial charge in [-0.05, 0) is 42.2 Å². The summed E-state index contributed by atoms with van der Waals surface area (Å²) in [4.78, 5) is 23.0. The van der Waals surface area contributed by atoms with E-state index in [-0.39, 0.29) is 5.97 Å². The maximum absolute atomic E-state index is 11.8. The maximum atomic E-state index is 11.8. The molecule has 0 spiro atoms. The quantitative estimate of drug-likeness (QED) is 0.488. The van der Waals surface area contributed by atoms with Crippen LogP contribution in [0.3, 0.4) is 0 Å². The Morgan fingerprint density at radius 1 is 1.18 bits per heavy atom. The van der Waals surface area contributed by atoms with Crippen LogP contribution in [-0.4, -0.2) is 47.6 Å². The predicted molar refractivity (Wildman–Crippen MR) is 127 cm³/mol. The Bertz CT molecular complexity index is 1230. The van der Waals surface area contributed by atoms with Gasteiger partial charge in [-0.2, -0.15) is 5.26 Å². The third kappa shape index (κ3) is 4.91. The number of pyridine rings is 2. The first-order valence-electron chi connectivity index (χ1n) is 11.1. The van der Waals surface area contributed by atoms with E-state index in [0.29, 0.717) is 41.4 Å². The van der Waals surface area contributed by atoms with Gasteiger partial charge in [0.25, 0.3) is 0 Å². The Morgan fingerprint density at radius 2 is 2.00 bits per heavy atom. The number of methoxy groups -OCH3 is 1. The number of esters is 1. The Hall–Kier alpha value is -3.80. The molecular weight excluding hydrogens is 430 g/mol. The van der Waals surface area contributed by atoms with Crippen molar-refractivity contribution < 1.29 is 14.3 Å². The molecule has 3 heterocycles. The number of carbonyl (C=O) groups excluding carboxylic acids is 1. The molecule has 0 unspecified atom stereocenters. The summed E-state index contributed by atoms with van der Waals surface area (Å²) in [5, 5.41) is 9.14. The van der Waals surface area contributed by atoms with E-state index >= 15 is 0 Å². The van der Waals surface area contributed by atoms with Gasteiger partial charge in [0.1, 0.15) is 24.0 Å². The highest BCUT2D eigenvalue weighted by molar-refractivity contribution is 5.93. The minimum absolute atomic E-state index is 0.236. The van der Waals surface area contributed by atoms with Crippen LogP contribution in [0, 0.1) is 18.3 Å². The number of benzene rings is 1. The fraction of sp³-hybridized carbons (Fsp3) is 0.308. The number of rotatable bonds is 9. The van der Waals surface area contributed by atoms with Crippen molar-refractivity contribution in [2.75, 3.05) is 26.7 Å². The van der Waals surface area contributed by atoms with Crippen molar-refractivity contribution in [3.63, 3.8) is 0 Å². The van der Waals surface area contributed by atoms with Crippen LogP contribution in [0.4, 0.5) is 0 Å². The lowest BCUT2D eigenvalue weighted by atomic mass is 9.96. The topological polar surface area (TPSA) is 114 Å². The van der Waals surface area contributed by atoms with Gasteiger partial charge in [-0.3, -0.25) is 14.9 Å². The molecule has 0 aliphatic carbocycles. The van der Waals surface area contributed by atoms with Crippen LogP contribution >= 0.6 is 0 Å². The van der Waals surface area contributed by atoms with Gasteiger partial charge in [0, 0.05) is 50.2 Å². The summed E-state index contributed by atoms with van der Waals surface area (Å²) < 4.78 is 10.4. The minimum atomic E-state index is -0.236. The van der Waals surface area contributed by atoms with Crippen molar-refractivity contribution in [3.05, 3.63) is 76.1 Å². The molecule has 0 radical (unpaired) electrons.